The van der Waals surface area contributed by atoms with E-state index in [1.165, 1.54) is 11.0 Å². The number of amides is 1. The van der Waals surface area contributed by atoms with Gasteiger partial charge in [0.05, 0.1) is 0 Å². The second kappa shape index (κ2) is 4.02. The van der Waals surface area contributed by atoms with Crippen LogP contribution in [0.25, 0.3) is 0 Å². The Hall–Kier alpha value is -1.39. The van der Waals surface area contributed by atoms with Gasteiger partial charge in [-0.3, -0.25) is 10.1 Å². The molecule has 13 heavy (non-hydrogen) atoms. The molecule has 5 nitrogen and oxygen atoms in total. The van der Waals surface area contributed by atoms with Crippen molar-refractivity contribution in [3.63, 3.8) is 0 Å². The lowest BCUT2D eigenvalue weighted by Gasteiger charge is -2.05. The Labute approximate surface area is 77.2 Å². The topological polar surface area (TPSA) is 59.8 Å². The number of aromatic nitrogens is 3. The molecule has 0 fully saturated rings. The Kier molecular flexibility index (Phi) is 3.00. The molecule has 0 aromatic carbocycles. The lowest BCUT2D eigenvalue weighted by Crippen LogP contribution is -2.16. The summed E-state index contributed by atoms with van der Waals surface area (Å²) >= 11 is 0. The molecule has 1 amide bonds. The van der Waals surface area contributed by atoms with Crippen LogP contribution in [-0.2, 0) is 11.8 Å². The molecule has 0 saturated heterocycles. The predicted octanol–water partition coefficient (Wildman–Crippen LogP) is 0.800. The fourth-order valence-electron chi connectivity index (χ4n) is 0.956. The van der Waals surface area contributed by atoms with E-state index < -0.39 is 0 Å². The zero-order chi connectivity index (χ0) is 9.84. The summed E-state index contributed by atoms with van der Waals surface area (Å²) < 4.78 is 1.53. The van der Waals surface area contributed by atoms with Crippen molar-refractivity contribution in [1.29, 1.82) is 0 Å². The Morgan fingerprint density at radius 2 is 2.38 bits per heavy atom. The Balaban J connectivity index is 2.50. The summed E-state index contributed by atoms with van der Waals surface area (Å²) in [6.07, 6.45) is 1.91. The van der Waals surface area contributed by atoms with E-state index in [1.807, 2.05) is 13.8 Å². The number of nitrogens with zero attached hydrogens (tertiary/aromatic N) is 3. The lowest BCUT2D eigenvalue weighted by molar-refractivity contribution is -0.116. The summed E-state index contributed by atoms with van der Waals surface area (Å²) in [5.74, 6) is 0.824. The van der Waals surface area contributed by atoms with Crippen LogP contribution >= 0.6 is 0 Å². The van der Waals surface area contributed by atoms with Gasteiger partial charge in [-0.05, 0) is 5.92 Å². The molecule has 0 atom stereocenters. The van der Waals surface area contributed by atoms with E-state index in [9.17, 15) is 4.79 Å². The fraction of sp³-hybridized carbons (Fsp3) is 0.625. The molecule has 0 aliphatic carbocycles. The summed E-state index contributed by atoms with van der Waals surface area (Å²) in [6, 6.07) is 0. The third-order valence-corrected chi connectivity index (χ3v) is 1.56. The van der Waals surface area contributed by atoms with Gasteiger partial charge < -0.3 is 0 Å². The number of hydrogen-bond acceptors (Lipinski definition) is 3. The highest BCUT2D eigenvalue weighted by Gasteiger charge is 2.07. The summed E-state index contributed by atoms with van der Waals surface area (Å²) in [5.41, 5.74) is 0. The average molecular weight is 182 g/mol. The van der Waals surface area contributed by atoms with Crippen LogP contribution in [0.1, 0.15) is 20.3 Å². The molecular formula is C8H14N4O. The average Bonchev–Trinajstić information content (AvgIpc) is 2.34. The van der Waals surface area contributed by atoms with Gasteiger partial charge in [-0.15, -0.1) is 0 Å². The first-order chi connectivity index (χ1) is 6.09. The third-order valence-electron chi connectivity index (χ3n) is 1.56. The van der Waals surface area contributed by atoms with Gasteiger partial charge in [0.1, 0.15) is 6.33 Å². The maximum absolute atomic E-state index is 11.3. The second-order valence-electron chi connectivity index (χ2n) is 3.35. The minimum atomic E-state index is -0.0221. The summed E-state index contributed by atoms with van der Waals surface area (Å²) in [7, 11) is 1.73. The quantitative estimate of drug-likeness (QED) is 0.752. The molecule has 5 heteroatoms. The molecule has 1 N–H and O–H groups in total. The van der Waals surface area contributed by atoms with E-state index in [-0.39, 0.29) is 5.91 Å². The predicted molar refractivity (Wildman–Crippen MR) is 49.1 cm³/mol. The van der Waals surface area contributed by atoms with Crippen LogP contribution in [0.5, 0.6) is 0 Å². The van der Waals surface area contributed by atoms with Crippen molar-refractivity contribution in [3.05, 3.63) is 6.33 Å². The maximum atomic E-state index is 11.3. The van der Waals surface area contributed by atoms with E-state index >= 15 is 0 Å². The highest BCUT2D eigenvalue weighted by atomic mass is 16.1. The third kappa shape index (κ3) is 2.85. The Morgan fingerprint density at radius 3 is 2.85 bits per heavy atom. The lowest BCUT2D eigenvalue weighted by atomic mass is 10.1. The van der Waals surface area contributed by atoms with Gasteiger partial charge in [0.15, 0.2) is 0 Å². The van der Waals surface area contributed by atoms with E-state index in [0.717, 1.165) is 0 Å². The summed E-state index contributed by atoms with van der Waals surface area (Å²) in [6.45, 7) is 3.99. The van der Waals surface area contributed by atoms with Crippen LogP contribution < -0.4 is 5.32 Å². The van der Waals surface area contributed by atoms with Crippen LogP contribution in [0.15, 0.2) is 6.33 Å². The minimum absolute atomic E-state index is 0.0221. The van der Waals surface area contributed by atoms with Crippen LogP contribution in [-0.4, -0.2) is 20.7 Å². The number of anilines is 1. The van der Waals surface area contributed by atoms with Crippen LogP contribution in [0.2, 0.25) is 0 Å². The highest BCUT2D eigenvalue weighted by Crippen LogP contribution is 2.03. The van der Waals surface area contributed by atoms with Gasteiger partial charge in [0, 0.05) is 13.5 Å². The molecule has 1 aromatic rings. The molecule has 0 unspecified atom stereocenters. The molecule has 0 spiro atoms. The van der Waals surface area contributed by atoms with Gasteiger partial charge in [-0.2, -0.15) is 10.1 Å². The van der Waals surface area contributed by atoms with Gasteiger partial charge in [0.25, 0.3) is 0 Å². The summed E-state index contributed by atoms with van der Waals surface area (Å²) in [4.78, 5) is 15.2. The van der Waals surface area contributed by atoms with Gasteiger partial charge >= 0.3 is 0 Å². The van der Waals surface area contributed by atoms with Crippen molar-refractivity contribution in [2.24, 2.45) is 13.0 Å². The standard InChI is InChI=1S/C8H14N4O/c1-6(2)4-7(13)11-8-9-5-10-12(8)3/h5-6H,4H2,1-3H3,(H,9,10,11,13). The molecule has 0 saturated carbocycles. The first-order valence-electron chi connectivity index (χ1n) is 4.23. The monoisotopic (exact) mass is 182 g/mol. The SMILES string of the molecule is CC(C)CC(=O)Nc1ncnn1C. The van der Waals surface area contributed by atoms with Crippen LogP contribution in [0.4, 0.5) is 5.95 Å². The van der Waals surface area contributed by atoms with Gasteiger partial charge in [0.2, 0.25) is 11.9 Å². The molecule has 72 valence electrons. The Morgan fingerprint density at radius 1 is 1.69 bits per heavy atom. The summed E-state index contributed by atoms with van der Waals surface area (Å²) in [5, 5.41) is 6.51. The van der Waals surface area contributed by atoms with E-state index in [2.05, 4.69) is 15.4 Å². The van der Waals surface area contributed by atoms with Crippen molar-refractivity contribution in [3.8, 4) is 0 Å². The van der Waals surface area contributed by atoms with E-state index in [1.54, 1.807) is 7.05 Å². The van der Waals surface area contributed by atoms with Crippen LogP contribution in [0.3, 0.4) is 0 Å². The number of rotatable bonds is 3. The molecule has 1 rings (SSSR count). The van der Waals surface area contributed by atoms with Crippen molar-refractivity contribution in [2.75, 3.05) is 5.32 Å². The number of hydrogen-bond donors (Lipinski definition) is 1. The Bertz CT molecular complexity index is 292. The van der Waals surface area contributed by atoms with Gasteiger partial charge in [-0.25, -0.2) is 4.68 Å². The fourth-order valence-corrected chi connectivity index (χ4v) is 0.956. The van der Waals surface area contributed by atoms with Crippen molar-refractivity contribution in [2.45, 2.75) is 20.3 Å². The number of aryl methyl sites for hydroxylation is 1. The highest BCUT2D eigenvalue weighted by molar-refractivity contribution is 5.89. The maximum Gasteiger partial charge on any atom is 0.227 e. The number of carbonyl (C=O) groups is 1. The second-order valence-corrected chi connectivity index (χ2v) is 3.35. The number of nitrogens with one attached hydrogen (secondary N) is 1. The van der Waals surface area contributed by atoms with Crippen molar-refractivity contribution >= 4 is 11.9 Å². The van der Waals surface area contributed by atoms with Crippen molar-refractivity contribution in [1.82, 2.24) is 14.8 Å². The molecule has 0 radical (unpaired) electrons. The van der Waals surface area contributed by atoms with Crippen LogP contribution in [0, 0.1) is 5.92 Å². The molecule has 0 aliphatic rings. The number of carbonyl (C=O) groups excluding carboxylic acids is 1. The smallest absolute Gasteiger partial charge is 0.227 e. The molecular weight excluding hydrogens is 168 g/mol. The van der Waals surface area contributed by atoms with E-state index in [0.29, 0.717) is 18.3 Å². The van der Waals surface area contributed by atoms with E-state index in [4.69, 9.17) is 0 Å². The normalized spacial score (nSPS) is 10.5. The first-order valence-corrected chi connectivity index (χ1v) is 4.23. The zero-order valence-corrected chi connectivity index (χ0v) is 8.11. The molecule has 0 aliphatic heterocycles. The molecule has 1 aromatic heterocycles. The van der Waals surface area contributed by atoms with Crippen molar-refractivity contribution < 1.29 is 4.79 Å². The molecule has 1 heterocycles. The zero-order valence-electron chi connectivity index (χ0n) is 8.11. The molecule has 0 bridgehead atoms. The largest absolute Gasteiger partial charge is 0.295 e. The van der Waals surface area contributed by atoms with Gasteiger partial charge in [-0.1, -0.05) is 13.8 Å². The minimum Gasteiger partial charge on any atom is -0.295 e. The first kappa shape index (κ1) is 9.70.